The molecule has 1 heterocycles. The van der Waals surface area contributed by atoms with Crippen LogP contribution >= 0.6 is 0 Å². The van der Waals surface area contributed by atoms with E-state index in [4.69, 9.17) is 5.73 Å². The maximum Gasteiger partial charge on any atom is 0.314 e. The molecule has 1 saturated heterocycles. The number of rotatable bonds is 2. The van der Waals surface area contributed by atoms with E-state index >= 15 is 0 Å². The molecular weight excluding hydrogens is 278 g/mol. The summed E-state index contributed by atoms with van der Waals surface area (Å²) >= 11 is 0. The number of nitrogens with two attached hydrogens (primary N) is 1. The predicted molar refractivity (Wildman–Crippen MR) is 87.2 cm³/mol. The van der Waals surface area contributed by atoms with Crippen LogP contribution in [0.15, 0.2) is 12.2 Å². The highest BCUT2D eigenvalue weighted by atomic mass is 16.2. The lowest BCUT2D eigenvalue weighted by atomic mass is 9.64. The van der Waals surface area contributed by atoms with Gasteiger partial charge < -0.3 is 15.5 Å². The van der Waals surface area contributed by atoms with Gasteiger partial charge in [0, 0.05) is 26.2 Å². The highest BCUT2D eigenvalue weighted by Crippen LogP contribution is 2.44. The van der Waals surface area contributed by atoms with E-state index in [1.165, 1.54) is 19.3 Å². The second-order valence-corrected chi connectivity index (χ2v) is 7.39. The molecule has 2 unspecified atom stereocenters. The van der Waals surface area contributed by atoms with Crippen molar-refractivity contribution in [2.75, 3.05) is 26.2 Å². The van der Waals surface area contributed by atoms with Crippen molar-refractivity contribution in [1.29, 1.82) is 0 Å². The first-order valence-corrected chi connectivity index (χ1v) is 8.33. The molecule has 2 rings (SSSR count). The van der Waals surface area contributed by atoms with Crippen molar-refractivity contribution >= 4 is 11.9 Å². The molecule has 0 spiro atoms. The molecule has 2 atom stereocenters. The molecule has 1 aliphatic carbocycles. The molecule has 0 aromatic heterocycles. The van der Waals surface area contributed by atoms with Crippen LogP contribution < -0.4 is 5.73 Å². The maximum absolute atomic E-state index is 12.3. The number of hydrogen-bond acceptors (Lipinski definition) is 2. The minimum Gasteiger partial charge on any atom is -0.351 e. The van der Waals surface area contributed by atoms with Gasteiger partial charge in [0.05, 0.1) is 0 Å². The van der Waals surface area contributed by atoms with Crippen molar-refractivity contribution in [2.24, 2.45) is 23.0 Å². The fraction of sp³-hybridized carbons (Fsp3) is 0.765. The second kappa shape index (κ2) is 6.71. The van der Waals surface area contributed by atoms with Crippen molar-refractivity contribution in [2.45, 2.75) is 40.0 Å². The lowest BCUT2D eigenvalue weighted by molar-refractivity contribution is -0.127. The zero-order valence-corrected chi connectivity index (χ0v) is 14.0. The summed E-state index contributed by atoms with van der Waals surface area (Å²) in [5.74, 6) is 1.13. The lowest BCUT2D eigenvalue weighted by Crippen LogP contribution is -2.51. The Morgan fingerprint density at radius 2 is 1.73 bits per heavy atom. The Hall–Kier alpha value is -1.52. The Morgan fingerprint density at radius 1 is 1.14 bits per heavy atom. The van der Waals surface area contributed by atoms with E-state index in [-0.39, 0.29) is 11.3 Å². The summed E-state index contributed by atoms with van der Waals surface area (Å²) in [5.41, 5.74) is 5.52. The van der Waals surface area contributed by atoms with Crippen LogP contribution in [0.5, 0.6) is 0 Å². The van der Waals surface area contributed by atoms with E-state index in [0.717, 1.165) is 0 Å². The largest absolute Gasteiger partial charge is 0.351 e. The third-order valence-electron chi connectivity index (χ3n) is 5.35. The molecule has 1 aliphatic heterocycles. The van der Waals surface area contributed by atoms with Gasteiger partial charge in [-0.1, -0.05) is 39.7 Å². The Morgan fingerprint density at radius 3 is 2.27 bits per heavy atom. The number of urea groups is 1. The van der Waals surface area contributed by atoms with Gasteiger partial charge in [-0.3, -0.25) is 4.79 Å². The topological polar surface area (TPSA) is 66.6 Å². The number of allylic oxidation sites excluding steroid dienone is 1. The van der Waals surface area contributed by atoms with Gasteiger partial charge in [-0.05, 0) is 29.7 Å². The van der Waals surface area contributed by atoms with Crippen LogP contribution in [0, 0.1) is 17.3 Å². The van der Waals surface area contributed by atoms with Crippen LogP contribution in [-0.2, 0) is 4.79 Å². The van der Waals surface area contributed by atoms with Gasteiger partial charge in [0.15, 0.2) is 0 Å². The molecule has 124 valence electrons. The normalized spacial score (nSPS) is 28.9. The molecule has 0 aromatic carbocycles. The highest BCUT2D eigenvalue weighted by molar-refractivity contribution is 5.87. The summed E-state index contributed by atoms with van der Waals surface area (Å²) < 4.78 is 0. The van der Waals surface area contributed by atoms with Crippen LogP contribution in [0.2, 0.25) is 0 Å². The summed E-state index contributed by atoms with van der Waals surface area (Å²) in [6.45, 7) is 9.07. The van der Waals surface area contributed by atoms with E-state index in [1.807, 2.05) is 0 Å². The van der Waals surface area contributed by atoms with E-state index in [2.05, 4.69) is 26.8 Å². The maximum atomic E-state index is 12.3. The molecule has 5 nitrogen and oxygen atoms in total. The van der Waals surface area contributed by atoms with Crippen LogP contribution in [0.1, 0.15) is 40.0 Å². The minimum atomic E-state index is -0.402. The van der Waals surface area contributed by atoms with Gasteiger partial charge in [-0.2, -0.15) is 0 Å². The van der Waals surface area contributed by atoms with E-state index in [1.54, 1.807) is 15.9 Å². The molecule has 3 amide bonds. The van der Waals surface area contributed by atoms with Gasteiger partial charge in [0.25, 0.3) is 0 Å². The molecule has 0 aromatic rings. The number of carbonyl (C=O) groups excluding carboxylic acids is 2. The highest BCUT2D eigenvalue weighted by Gasteiger charge is 2.35. The fourth-order valence-corrected chi connectivity index (χ4v) is 3.88. The van der Waals surface area contributed by atoms with Crippen LogP contribution in [0.4, 0.5) is 4.79 Å². The third-order valence-corrected chi connectivity index (χ3v) is 5.35. The molecule has 22 heavy (non-hydrogen) atoms. The SMILES string of the molecule is CC1CCCC(C)(C)C1/C=C/C(=O)N1CCN(C(N)=O)CC1. The average molecular weight is 307 g/mol. The summed E-state index contributed by atoms with van der Waals surface area (Å²) in [4.78, 5) is 26.8. The van der Waals surface area contributed by atoms with Crippen LogP contribution in [0.3, 0.4) is 0 Å². The Balaban J connectivity index is 1.92. The molecule has 2 N–H and O–H groups in total. The molecule has 0 bridgehead atoms. The standard InChI is InChI=1S/C17H29N3O2/c1-13-5-4-8-17(2,3)14(13)6-7-15(21)19-9-11-20(12-10-19)16(18)22/h6-7,13-14H,4-5,8-12H2,1-3H3,(H2,18,22)/b7-6+. The van der Waals surface area contributed by atoms with Crippen molar-refractivity contribution in [3.8, 4) is 0 Å². The van der Waals surface area contributed by atoms with Crippen molar-refractivity contribution in [3.05, 3.63) is 12.2 Å². The Kier molecular flexibility index (Phi) is 5.14. The van der Waals surface area contributed by atoms with Gasteiger partial charge in [0.1, 0.15) is 0 Å². The lowest BCUT2D eigenvalue weighted by Gasteiger charge is -2.41. The molecule has 2 aliphatic rings. The van der Waals surface area contributed by atoms with Crippen LogP contribution in [0.25, 0.3) is 0 Å². The number of hydrogen-bond donors (Lipinski definition) is 1. The van der Waals surface area contributed by atoms with Gasteiger partial charge >= 0.3 is 6.03 Å². The smallest absolute Gasteiger partial charge is 0.314 e. The number of nitrogens with zero attached hydrogens (tertiary/aromatic N) is 2. The van der Waals surface area contributed by atoms with E-state index in [0.29, 0.717) is 38.0 Å². The molecule has 0 radical (unpaired) electrons. The van der Waals surface area contributed by atoms with Gasteiger partial charge in [0.2, 0.25) is 5.91 Å². The summed E-state index contributed by atoms with van der Waals surface area (Å²) in [7, 11) is 0. The quantitative estimate of drug-likeness (QED) is 0.795. The number of carbonyl (C=O) groups is 2. The first kappa shape index (κ1) is 16.8. The minimum absolute atomic E-state index is 0.0534. The van der Waals surface area contributed by atoms with Gasteiger partial charge in [-0.15, -0.1) is 0 Å². The summed E-state index contributed by atoms with van der Waals surface area (Å²) in [5, 5.41) is 0. The molecular formula is C17H29N3O2. The molecule has 1 saturated carbocycles. The first-order chi connectivity index (χ1) is 10.3. The third kappa shape index (κ3) is 3.81. The molecule has 2 fully saturated rings. The summed E-state index contributed by atoms with van der Waals surface area (Å²) in [6.07, 6.45) is 7.60. The average Bonchev–Trinajstić information content (AvgIpc) is 2.46. The number of piperazine rings is 1. The fourth-order valence-electron chi connectivity index (χ4n) is 3.88. The Labute approximate surface area is 133 Å². The van der Waals surface area contributed by atoms with E-state index < -0.39 is 6.03 Å². The molecule has 5 heteroatoms. The predicted octanol–water partition coefficient (Wildman–Crippen LogP) is 2.23. The number of amides is 3. The zero-order chi connectivity index (χ0) is 16.3. The van der Waals surface area contributed by atoms with Gasteiger partial charge in [-0.25, -0.2) is 4.79 Å². The number of primary amides is 1. The Bertz CT molecular complexity index is 451. The zero-order valence-electron chi connectivity index (χ0n) is 14.0. The monoisotopic (exact) mass is 307 g/mol. The van der Waals surface area contributed by atoms with Crippen molar-refractivity contribution < 1.29 is 9.59 Å². The van der Waals surface area contributed by atoms with E-state index in [9.17, 15) is 9.59 Å². The summed E-state index contributed by atoms with van der Waals surface area (Å²) in [6, 6.07) is -0.402. The van der Waals surface area contributed by atoms with Crippen molar-refractivity contribution in [3.63, 3.8) is 0 Å². The van der Waals surface area contributed by atoms with Crippen molar-refractivity contribution in [1.82, 2.24) is 9.80 Å². The first-order valence-electron chi connectivity index (χ1n) is 8.33. The second-order valence-electron chi connectivity index (χ2n) is 7.39. The van der Waals surface area contributed by atoms with Crippen LogP contribution in [-0.4, -0.2) is 47.9 Å².